The minimum Gasteiger partial charge on any atom is -0.298 e. The van der Waals surface area contributed by atoms with Crippen molar-refractivity contribution in [3.8, 4) is 6.07 Å². The van der Waals surface area contributed by atoms with E-state index in [2.05, 4.69) is 4.72 Å². The minimum atomic E-state index is -2.95. The van der Waals surface area contributed by atoms with Gasteiger partial charge in [0, 0.05) is 6.26 Å². The van der Waals surface area contributed by atoms with Crippen LogP contribution in [0.2, 0.25) is 0 Å². The summed E-state index contributed by atoms with van der Waals surface area (Å²) >= 11 is 0. The van der Waals surface area contributed by atoms with Crippen LogP contribution in [0.5, 0.6) is 0 Å². The second-order valence-electron chi connectivity index (χ2n) is 2.75. The van der Waals surface area contributed by atoms with Crippen LogP contribution in [0.3, 0.4) is 0 Å². The SMILES string of the molecule is CS(=N)(=O)Nc1ccc(F)cc1C#N. The summed E-state index contributed by atoms with van der Waals surface area (Å²) in [5, 5.41) is 8.63. The molecule has 0 saturated heterocycles. The van der Waals surface area contributed by atoms with Gasteiger partial charge in [-0.1, -0.05) is 0 Å². The molecule has 0 aromatic heterocycles. The highest BCUT2D eigenvalue weighted by molar-refractivity contribution is 7.93. The molecule has 0 aliphatic heterocycles. The molecule has 0 spiro atoms. The van der Waals surface area contributed by atoms with Crippen molar-refractivity contribution in [2.45, 2.75) is 0 Å². The lowest BCUT2D eigenvalue weighted by Crippen LogP contribution is -2.09. The monoisotopic (exact) mass is 213 g/mol. The second kappa shape index (κ2) is 3.64. The van der Waals surface area contributed by atoms with E-state index in [1.807, 2.05) is 0 Å². The largest absolute Gasteiger partial charge is 0.298 e. The maximum atomic E-state index is 12.7. The first kappa shape index (κ1) is 10.5. The Hall–Kier alpha value is -1.61. The molecule has 0 bridgehead atoms. The molecule has 4 nitrogen and oxygen atoms in total. The summed E-state index contributed by atoms with van der Waals surface area (Å²) in [5.74, 6) is -0.542. The molecule has 1 unspecified atom stereocenters. The van der Waals surface area contributed by atoms with Crippen molar-refractivity contribution in [1.29, 1.82) is 10.0 Å². The average molecular weight is 213 g/mol. The highest BCUT2D eigenvalue weighted by Crippen LogP contribution is 2.16. The molecule has 0 heterocycles. The quantitative estimate of drug-likeness (QED) is 0.784. The number of rotatable bonds is 2. The Labute approximate surface area is 81.5 Å². The molecule has 1 atom stereocenters. The van der Waals surface area contributed by atoms with E-state index in [-0.39, 0.29) is 11.3 Å². The van der Waals surface area contributed by atoms with Crippen LogP contribution >= 0.6 is 0 Å². The Kier molecular flexibility index (Phi) is 2.72. The molecule has 14 heavy (non-hydrogen) atoms. The summed E-state index contributed by atoms with van der Waals surface area (Å²) < 4.78 is 33.2. The summed E-state index contributed by atoms with van der Waals surface area (Å²) in [5.41, 5.74) is 0.239. The summed E-state index contributed by atoms with van der Waals surface area (Å²) in [7, 11) is -2.95. The fraction of sp³-hybridized carbons (Fsp3) is 0.125. The number of nitrogens with zero attached hydrogens (tertiary/aromatic N) is 1. The molecule has 0 aliphatic rings. The van der Waals surface area contributed by atoms with E-state index in [1.54, 1.807) is 6.07 Å². The van der Waals surface area contributed by atoms with E-state index in [1.165, 1.54) is 12.3 Å². The molecule has 0 aliphatic carbocycles. The molecule has 2 N–H and O–H groups in total. The molecule has 74 valence electrons. The van der Waals surface area contributed by atoms with Gasteiger partial charge in [-0.05, 0) is 18.2 Å². The lowest BCUT2D eigenvalue weighted by molar-refractivity contribution is 0.627. The van der Waals surface area contributed by atoms with Crippen LogP contribution in [0.25, 0.3) is 0 Å². The lowest BCUT2D eigenvalue weighted by Gasteiger charge is -2.07. The fourth-order valence-electron chi connectivity index (χ4n) is 0.908. The maximum absolute atomic E-state index is 12.7. The zero-order valence-electron chi connectivity index (χ0n) is 7.37. The lowest BCUT2D eigenvalue weighted by atomic mass is 10.2. The first-order chi connectivity index (χ1) is 6.42. The molecule has 0 fully saturated rings. The van der Waals surface area contributed by atoms with Gasteiger partial charge >= 0.3 is 0 Å². The Morgan fingerprint density at radius 3 is 2.79 bits per heavy atom. The Bertz CT molecular complexity index is 490. The zero-order valence-corrected chi connectivity index (χ0v) is 8.19. The number of nitriles is 1. The van der Waals surface area contributed by atoms with Crippen molar-refractivity contribution >= 4 is 15.6 Å². The van der Waals surface area contributed by atoms with Crippen molar-refractivity contribution in [3.05, 3.63) is 29.6 Å². The van der Waals surface area contributed by atoms with Crippen molar-refractivity contribution in [3.63, 3.8) is 0 Å². The van der Waals surface area contributed by atoms with E-state index in [4.69, 9.17) is 10.0 Å². The summed E-state index contributed by atoms with van der Waals surface area (Å²) in [6, 6.07) is 5.19. The van der Waals surface area contributed by atoms with Crippen molar-refractivity contribution < 1.29 is 8.60 Å². The fourth-order valence-corrected chi connectivity index (χ4v) is 1.51. The molecule has 1 rings (SSSR count). The van der Waals surface area contributed by atoms with Crippen molar-refractivity contribution in [2.75, 3.05) is 11.0 Å². The van der Waals surface area contributed by atoms with E-state index in [9.17, 15) is 8.60 Å². The van der Waals surface area contributed by atoms with Gasteiger partial charge in [0.2, 0.25) is 0 Å². The van der Waals surface area contributed by atoms with Gasteiger partial charge in [0.15, 0.2) is 0 Å². The average Bonchev–Trinajstić information content (AvgIpc) is 2.06. The molecule has 6 heteroatoms. The van der Waals surface area contributed by atoms with Gasteiger partial charge in [-0.2, -0.15) is 5.26 Å². The van der Waals surface area contributed by atoms with Gasteiger partial charge in [0.25, 0.3) is 0 Å². The highest BCUT2D eigenvalue weighted by Gasteiger charge is 2.05. The Balaban J connectivity index is 3.17. The smallest absolute Gasteiger partial charge is 0.124 e. The standard InChI is InChI=1S/C8H8FN3OS/c1-14(11,13)12-8-3-2-7(9)4-6(8)5-10/h2-4H,1H3,(H2,11,12,13). The normalized spacial score (nSPS) is 14.1. The number of hydrogen-bond donors (Lipinski definition) is 2. The van der Waals surface area contributed by atoms with Crippen molar-refractivity contribution in [2.24, 2.45) is 0 Å². The number of anilines is 1. The highest BCUT2D eigenvalue weighted by atomic mass is 32.2. The Morgan fingerprint density at radius 1 is 1.64 bits per heavy atom. The van der Waals surface area contributed by atoms with E-state index < -0.39 is 15.7 Å². The number of halogens is 1. The van der Waals surface area contributed by atoms with Gasteiger partial charge in [-0.25, -0.2) is 13.4 Å². The predicted molar refractivity (Wildman–Crippen MR) is 51.5 cm³/mol. The molecule has 1 aromatic rings. The van der Waals surface area contributed by atoms with Crippen LogP contribution in [0.15, 0.2) is 18.2 Å². The van der Waals surface area contributed by atoms with Crippen LogP contribution in [0.4, 0.5) is 10.1 Å². The number of hydrogen-bond acceptors (Lipinski definition) is 3. The molecule has 0 saturated carbocycles. The topological polar surface area (TPSA) is 76.7 Å². The molecular formula is C8H8FN3OS. The zero-order chi connectivity index (χ0) is 10.8. The number of benzene rings is 1. The summed E-state index contributed by atoms with van der Waals surface area (Å²) in [6.45, 7) is 0. The van der Waals surface area contributed by atoms with Gasteiger partial charge < -0.3 is 0 Å². The van der Waals surface area contributed by atoms with Crippen LogP contribution in [0, 0.1) is 21.9 Å². The minimum absolute atomic E-state index is 0.0341. The third kappa shape index (κ3) is 2.71. The first-order valence-electron chi connectivity index (χ1n) is 3.63. The van der Waals surface area contributed by atoms with Crippen molar-refractivity contribution in [1.82, 2.24) is 0 Å². The third-order valence-electron chi connectivity index (χ3n) is 1.41. The molecular weight excluding hydrogens is 205 g/mol. The van der Waals surface area contributed by atoms with Gasteiger partial charge in [0.05, 0.1) is 11.3 Å². The molecule has 1 aromatic carbocycles. The van der Waals surface area contributed by atoms with Gasteiger partial charge in [0.1, 0.15) is 21.8 Å². The van der Waals surface area contributed by atoms with Crippen LogP contribution in [-0.4, -0.2) is 10.5 Å². The summed E-state index contributed by atoms with van der Waals surface area (Å²) in [4.78, 5) is 0. The molecule has 0 radical (unpaired) electrons. The second-order valence-corrected chi connectivity index (χ2v) is 4.64. The predicted octanol–water partition coefficient (Wildman–Crippen LogP) is 1.70. The van der Waals surface area contributed by atoms with Crippen LogP contribution in [-0.2, 0) is 9.92 Å². The maximum Gasteiger partial charge on any atom is 0.124 e. The van der Waals surface area contributed by atoms with E-state index in [0.29, 0.717) is 0 Å². The Morgan fingerprint density at radius 2 is 2.29 bits per heavy atom. The van der Waals surface area contributed by atoms with Gasteiger partial charge in [-0.3, -0.25) is 4.72 Å². The molecule has 0 amide bonds. The van der Waals surface area contributed by atoms with Crippen LogP contribution in [0.1, 0.15) is 5.56 Å². The van der Waals surface area contributed by atoms with E-state index >= 15 is 0 Å². The third-order valence-corrected chi connectivity index (χ3v) is 2.02. The number of nitrogens with one attached hydrogen (secondary N) is 2. The van der Waals surface area contributed by atoms with Crippen LogP contribution < -0.4 is 4.72 Å². The van der Waals surface area contributed by atoms with Gasteiger partial charge in [-0.15, -0.1) is 0 Å². The summed E-state index contributed by atoms with van der Waals surface area (Å²) in [6.07, 6.45) is 1.18. The van der Waals surface area contributed by atoms with E-state index in [0.717, 1.165) is 12.1 Å². The first-order valence-corrected chi connectivity index (χ1v) is 5.60.